The number of nitrogens with one attached hydrogen (secondary N) is 1. The molecular formula is C21H26FN3O3S. The first-order valence-corrected chi connectivity index (χ1v) is 11.4. The number of hydrogen-bond donors (Lipinski definition) is 1. The maximum Gasteiger partial charge on any atom is 0.231 e. The van der Waals surface area contributed by atoms with Crippen molar-refractivity contribution in [3.8, 4) is 0 Å². The number of nitrogens with zero attached hydrogens (tertiary/aromatic N) is 2. The third-order valence-electron chi connectivity index (χ3n) is 5.28. The summed E-state index contributed by atoms with van der Waals surface area (Å²) >= 11 is 0. The molecule has 156 valence electrons. The van der Waals surface area contributed by atoms with Gasteiger partial charge >= 0.3 is 0 Å². The summed E-state index contributed by atoms with van der Waals surface area (Å²) in [5, 5.41) is 2.89. The second-order valence-corrected chi connectivity index (χ2v) is 9.43. The van der Waals surface area contributed by atoms with Gasteiger partial charge < -0.3 is 5.32 Å². The average molecular weight is 420 g/mol. The Labute approximate surface area is 171 Å². The Bertz CT molecular complexity index is 973. The van der Waals surface area contributed by atoms with E-state index in [9.17, 15) is 17.6 Å². The number of hydrogen-bond acceptors (Lipinski definition) is 4. The van der Waals surface area contributed by atoms with Crippen molar-refractivity contribution in [3.63, 3.8) is 0 Å². The van der Waals surface area contributed by atoms with E-state index in [-0.39, 0.29) is 17.6 Å². The van der Waals surface area contributed by atoms with Gasteiger partial charge in [-0.25, -0.2) is 12.8 Å². The molecule has 1 fully saturated rings. The van der Waals surface area contributed by atoms with E-state index in [0.717, 1.165) is 19.3 Å². The van der Waals surface area contributed by atoms with Gasteiger partial charge in [-0.3, -0.25) is 14.0 Å². The van der Waals surface area contributed by atoms with E-state index in [1.807, 2.05) is 6.07 Å². The Balaban J connectivity index is 1.56. The fourth-order valence-electron chi connectivity index (χ4n) is 3.44. The quantitative estimate of drug-likeness (QED) is 0.781. The molecule has 0 saturated carbocycles. The number of likely N-dealkylation sites (tertiary alicyclic amines) is 1. The largest absolute Gasteiger partial charge is 0.326 e. The second-order valence-electron chi connectivity index (χ2n) is 7.41. The molecule has 1 N–H and O–H groups in total. The molecule has 2 aromatic rings. The zero-order chi connectivity index (χ0) is 21.0. The van der Waals surface area contributed by atoms with Crippen LogP contribution in [-0.2, 0) is 21.4 Å². The van der Waals surface area contributed by atoms with Gasteiger partial charge in [0.05, 0.1) is 11.9 Å². The predicted octanol–water partition coefficient (Wildman–Crippen LogP) is 3.07. The highest BCUT2D eigenvalue weighted by Gasteiger charge is 2.25. The van der Waals surface area contributed by atoms with E-state index < -0.39 is 10.0 Å². The van der Waals surface area contributed by atoms with Crippen LogP contribution >= 0.6 is 0 Å². The number of amides is 1. The zero-order valence-electron chi connectivity index (χ0n) is 16.6. The first kappa shape index (κ1) is 21.3. The lowest BCUT2D eigenvalue weighted by atomic mass is 9.95. The van der Waals surface area contributed by atoms with Crippen molar-refractivity contribution in [2.75, 3.05) is 36.0 Å². The molecule has 1 saturated heterocycles. The summed E-state index contributed by atoms with van der Waals surface area (Å²) < 4.78 is 38.4. The smallest absolute Gasteiger partial charge is 0.231 e. The van der Waals surface area contributed by atoms with Crippen molar-refractivity contribution < 1.29 is 17.6 Å². The van der Waals surface area contributed by atoms with Gasteiger partial charge in [0.25, 0.3) is 0 Å². The number of halogens is 1. The van der Waals surface area contributed by atoms with E-state index >= 15 is 0 Å². The third-order valence-corrected chi connectivity index (χ3v) is 6.49. The summed E-state index contributed by atoms with van der Waals surface area (Å²) in [6.07, 6.45) is 2.53. The molecular weight excluding hydrogens is 393 g/mol. The number of anilines is 2. The zero-order valence-corrected chi connectivity index (χ0v) is 17.5. The minimum Gasteiger partial charge on any atom is -0.326 e. The molecule has 8 heteroatoms. The maximum atomic E-state index is 13.8. The lowest BCUT2D eigenvalue weighted by Crippen LogP contribution is -2.38. The van der Waals surface area contributed by atoms with Crippen LogP contribution in [0.1, 0.15) is 18.4 Å². The fourth-order valence-corrected chi connectivity index (χ4v) is 3.93. The first-order valence-electron chi connectivity index (χ1n) is 9.54. The van der Waals surface area contributed by atoms with E-state index in [1.165, 1.54) is 17.4 Å². The minimum atomic E-state index is -3.37. The minimum absolute atomic E-state index is 0.0744. The molecule has 0 bridgehead atoms. The fraction of sp³-hybridized carbons (Fsp3) is 0.381. The normalized spacial score (nSPS) is 15.8. The Morgan fingerprint density at radius 3 is 2.52 bits per heavy atom. The van der Waals surface area contributed by atoms with Gasteiger partial charge in [-0.05, 0) is 50.2 Å². The highest BCUT2D eigenvalue weighted by molar-refractivity contribution is 7.92. The molecule has 1 aliphatic heterocycles. The predicted molar refractivity (Wildman–Crippen MR) is 113 cm³/mol. The Hall–Kier alpha value is -2.45. The van der Waals surface area contributed by atoms with Crippen molar-refractivity contribution >= 4 is 27.3 Å². The SMILES string of the molecule is CN(c1cccc(NC(=O)C2CCN(Cc3ccccc3F)CC2)c1)S(C)(=O)=O. The van der Waals surface area contributed by atoms with Crippen LogP contribution in [-0.4, -0.2) is 45.6 Å². The van der Waals surface area contributed by atoms with Crippen molar-refractivity contribution in [2.24, 2.45) is 5.92 Å². The number of rotatable bonds is 6. The summed E-state index contributed by atoms with van der Waals surface area (Å²) in [7, 11) is -1.89. The molecule has 3 rings (SSSR count). The molecule has 0 spiro atoms. The molecule has 1 amide bonds. The van der Waals surface area contributed by atoms with E-state index in [4.69, 9.17) is 0 Å². The van der Waals surface area contributed by atoms with Gasteiger partial charge in [-0.15, -0.1) is 0 Å². The highest BCUT2D eigenvalue weighted by Crippen LogP contribution is 2.24. The molecule has 0 atom stereocenters. The van der Waals surface area contributed by atoms with E-state index in [0.29, 0.717) is 36.3 Å². The van der Waals surface area contributed by atoms with Crippen LogP contribution in [0, 0.1) is 11.7 Å². The molecule has 0 aromatic heterocycles. The number of benzene rings is 2. The van der Waals surface area contributed by atoms with Crippen LogP contribution in [0.15, 0.2) is 48.5 Å². The summed E-state index contributed by atoms with van der Waals surface area (Å²) in [5.41, 5.74) is 1.73. The first-order chi connectivity index (χ1) is 13.7. The van der Waals surface area contributed by atoms with Gasteiger partial charge in [-0.2, -0.15) is 0 Å². The molecule has 0 radical (unpaired) electrons. The van der Waals surface area contributed by atoms with Crippen molar-refractivity contribution in [1.82, 2.24) is 4.90 Å². The number of sulfonamides is 1. The van der Waals surface area contributed by atoms with Gasteiger partial charge in [0, 0.05) is 30.8 Å². The molecule has 6 nitrogen and oxygen atoms in total. The molecule has 1 aliphatic rings. The van der Waals surface area contributed by atoms with Gasteiger partial charge in [-0.1, -0.05) is 24.3 Å². The van der Waals surface area contributed by atoms with Crippen molar-refractivity contribution in [3.05, 3.63) is 59.9 Å². The van der Waals surface area contributed by atoms with Gasteiger partial charge in [0.15, 0.2) is 0 Å². The Kier molecular flexibility index (Phi) is 6.54. The number of carbonyl (C=O) groups excluding carboxylic acids is 1. The van der Waals surface area contributed by atoms with Crippen LogP contribution in [0.3, 0.4) is 0 Å². The monoisotopic (exact) mass is 419 g/mol. The van der Waals surface area contributed by atoms with E-state index in [2.05, 4.69) is 10.2 Å². The molecule has 0 aliphatic carbocycles. The van der Waals surface area contributed by atoms with Crippen LogP contribution in [0.25, 0.3) is 0 Å². The Morgan fingerprint density at radius 1 is 1.17 bits per heavy atom. The van der Waals surface area contributed by atoms with Crippen molar-refractivity contribution in [2.45, 2.75) is 19.4 Å². The average Bonchev–Trinajstić information content (AvgIpc) is 2.69. The number of piperidine rings is 1. The summed E-state index contributed by atoms with van der Waals surface area (Å²) in [6, 6.07) is 13.5. The topological polar surface area (TPSA) is 69.7 Å². The summed E-state index contributed by atoms with van der Waals surface area (Å²) in [6.45, 7) is 1.99. The number of carbonyl (C=O) groups is 1. The van der Waals surface area contributed by atoms with Crippen LogP contribution in [0.2, 0.25) is 0 Å². The second kappa shape index (κ2) is 8.92. The van der Waals surface area contributed by atoms with E-state index in [1.54, 1.807) is 36.4 Å². The molecule has 1 heterocycles. The molecule has 29 heavy (non-hydrogen) atoms. The third kappa shape index (κ3) is 5.55. The van der Waals surface area contributed by atoms with Crippen LogP contribution in [0.5, 0.6) is 0 Å². The molecule has 2 aromatic carbocycles. The summed E-state index contributed by atoms with van der Waals surface area (Å²) in [4.78, 5) is 14.8. The maximum absolute atomic E-state index is 13.8. The van der Waals surface area contributed by atoms with Crippen LogP contribution in [0.4, 0.5) is 15.8 Å². The van der Waals surface area contributed by atoms with Gasteiger partial charge in [0.2, 0.25) is 15.9 Å². The molecule has 0 unspecified atom stereocenters. The lowest BCUT2D eigenvalue weighted by Gasteiger charge is -2.31. The highest BCUT2D eigenvalue weighted by atomic mass is 32.2. The lowest BCUT2D eigenvalue weighted by molar-refractivity contribution is -0.121. The standard InChI is InChI=1S/C21H26FN3O3S/c1-24(29(2,27)28)19-8-5-7-18(14-19)23-21(26)16-10-12-25(13-11-16)15-17-6-3-4-9-20(17)22/h3-9,14,16H,10-13,15H2,1-2H3,(H,23,26). The van der Waals surface area contributed by atoms with Crippen LogP contribution < -0.4 is 9.62 Å². The van der Waals surface area contributed by atoms with Crippen molar-refractivity contribution in [1.29, 1.82) is 0 Å². The Morgan fingerprint density at radius 2 is 1.86 bits per heavy atom. The summed E-state index contributed by atoms with van der Waals surface area (Å²) in [5.74, 6) is -0.399. The van der Waals surface area contributed by atoms with Gasteiger partial charge in [0.1, 0.15) is 5.82 Å².